The van der Waals surface area contributed by atoms with Gasteiger partial charge in [-0.2, -0.15) is 0 Å². The molecular formula is C25H28ClNO7. The van der Waals surface area contributed by atoms with Crippen LogP contribution in [0.3, 0.4) is 0 Å². The Hall–Kier alpha value is -2.81. The molecule has 34 heavy (non-hydrogen) atoms. The minimum atomic E-state index is -2.29. The van der Waals surface area contributed by atoms with Crippen LogP contribution in [0.25, 0.3) is 0 Å². The number of aryl methyl sites for hydroxylation is 1. The van der Waals surface area contributed by atoms with E-state index in [1.165, 1.54) is 0 Å². The average molecular weight is 490 g/mol. The zero-order valence-electron chi connectivity index (χ0n) is 19.1. The van der Waals surface area contributed by atoms with Gasteiger partial charge in [-0.1, -0.05) is 23.7 Å². The van der Waals surface area contributed by atoms with Gasteiger partial charge in [0.2, 0.25) is 0 Å². The van der Waals surface area contributed by atoms with Crippen molar-refractivity contribution in [2.24, 2.45) is 0 Å². The molecule has 0 unspecified atom stereocenters. The summed E-state index contributed by atoms with van der Waals surface area (Å²) < 4.78 is 21.5. The number of aliphatic hydroxyl groups is 1. The van der Waals surface area contributed by atoms with E-state index < -0.39 is 23.8 Å². The zero-order chi connectivity index (χ0) is 24.3. The first-order valence-electron chi connectivity index (χ1n) is 11.4. The van der Waals surface area contributed by atoms with Crippen LogP contribution in [0, 0.1) is 0 Å². The number of hydrogen-bond donors (Lipinski definition) is 2. The van der Waals surface area contributed by atoms with Crippen LogP contribution in [0.2, 0.25) is 5.02 Å². The van der Waals surface area contributed by atoms with Crippen LogP contribution in [-0.2, 0) is 31.9 Å². The summed E-state index contributed by atoms with van der Waals surface area (Å²) in [7, 11) is 0. The van der Waals surface area contributed by atoms with Gasteiger partial charge in [0.15, 0.2) is 11.5 Å². The van der Waals surface area contributed by atoms with Crippen LogP contribution in [0.4, 0.5) is 0 Å². The average Bonchev–Trinajstić information content (AvgIpc) is 3.21. The molecule has 0 amide bonds. The summed E-state index contributed by atoms with van der Waals surface area (Å²) in [4.78, 5) is 25.2. The molecule has 0 saturated heterocycles. The van der Waals surface area contributed by atoms with E-state index in [9.17, 15) is 14.7 Å². The Bertz CT molecular complexity index is 1060. The molecule has 0 bridgehead atoms. The summed E-state index contributed by atoms with van der Waals surface area (Å²) in [5, 5.41) is 14.5. The van der Waals surface area contributed by atoms with E-state index in [2.05, 4.69) is 5.32 Å². The van der Waals surface area contributed by atoms with Crippen molar-refractivity contribution in [2.75, 3.05) is 19.8 Å². The number of rotatable bonds is 8. The third-order valence-electron chi connectivity index (χ3n) is 5.92. The summed E-state index contributed by atoms with van der Waals surface area (Å²) in [6.45, 7) is 3.78. The van der Waals surface area contributed by atoms with Crippen molar-refractivity contribution in [3.05, 3.63) is 58.1 Å². The molecule has 9 heteroatoms. The number of benzene rings is 2. The molecular weight excluding hydrogens is 462 g/mol. The third kappa shape index (κ3) is 4.85. The Morgan fingerprint density at radius 2 is 1.76 bits per heavy atom. The Balaban J connectivity index is 1.46. The van der Waals surface area contributed by atoms with Gasteiger partial charge >= 0.3 is 17.7 Å². The van der Waals surface area contributed by atoms with Gasteiger partial charge in [-0.15, -0.1) is 0 Å². The lowest BCUT2D eigenvalue weighted by Gasteiger charge is -2.27. The first-order valence-corrected chi connectivity index (χ1v) is 11.8. The maximum Gasteiger partial charge on any atom is 0.453 e. The maximum atomic E-state index is 12.6. The standard InChI is InChI=1S/C25H28ClNO7/c1-3-31-23(29)25(24(30)32-4-2)33-21-12-15-8-9-19(11-17(15)13-22(21)34-25)27-14-20(28)16-6-5-7-18(26)10-16/h5-7,10,12-13,19-20,27-28H,3-4,8-9,11,14H2,1-2H3/t19-,20-/m1/s1. The molecule has 0 fully saturated rings. The van der Waals surface area contributed by atoms with E-state index in [1.807, 2.05) is 18.2 Å². The van der Waals surface area contributed by atoms with Crippen LogP contribution in [0.15, 0.2) is 36.4 Å². The molecule has 0 saturated carbocycles. The molecule has 8 nitrogen and oxygen atoms in total. The number of carbonyl (C=O) groups is 2. The molecule has 1 aliphatic heterocycles. The number of aliphatic hydroxyl groups excluding tert-OH is 1. The van der Waals surface area contributed by atoms with Gasteiger partial charge in [-0.3, -0.25) is 0 Å². The van der Waals surface area contributed by atoms with Gasteiger partial charge in [-0.25, -0.2) is 9.59 Å². The van der Waals surface area contributed by atoms with Crippen LogP contribution >= 0.6 is 11.6 Å². The number of fused-ring (bicyclic) bond motifs is 2. The van der Waals surface area contributed by atoms with Crippen molar-refractivity contribution < 1.29 is 33.6 Å². The van der Waals surface area contributed by atoms with Gasteiger partial charge in [0.25, 0.3) is 0 Å². The Morgan fingerprint density at radius 1 is 1.12 bits per heavy atom. The van der Waals surface area contributed by atoms with E-state index in [1.54, 1.807) is 32.0 Å². The molecule has 0 spiro atoms. The molecule has 0 radical (unpaired) electrons. The van der Waals surface area contributed by atoms with Crippen molar-refractivity contribution in [2.45, 2.75) is 51.0 Å². The lowest BCUT2D eigenvalue weighted by atomic mass is 9.87. The van der Waals surface area contributed by atoms with Crippen LogP contribution in [0.1, 0.15) is 43.1 Å². The molecule has 2 aromatic rings. The monoisotopic (exact) mass is 489 g/mol. The molecule has 2 aromatic carbocycles. The van der Waals surface area contributed by atoms with E-state index in [4.69, 9.17) is 30.5 Å². The summed E-state index contributed by atoms with van der Waals surface area (Å²) in [5.74, 6) is -3.59. The number of nitrogens with one attached hydrogen (secondary N) is 1. The summed E-state index contributed by atoms with van der Waals surface area (Å²) in [6.07, 6.45) is 1.64. The summed E-state index contributed by atoms with van der Waals surface area (Å²) in [5.41, 5.74) is 2.83. The summed E-state index contributed by atoms with van der Waals surface area (Å²) in [6, 6.07) is 10.9. The second-order valence-electron chi connectivity index (χ2n) is 8.25. The highest BCUT2D eigenvalue weighted by molar-refractivity contribution is 6.30. The van der Waals surface area contributed by atoms with Crippen molar-refractivity contribution in [1.29, 1.82) is 0 Å². The normalized spacial score (nSPS) is 18.6. The SMILES string of the molecule is CCOC(=O)C1(C(=O)OCC)Oc2cc3c(cc2O1)C[C@H](NC[C@@H](O)c1cccc(Cl)c1)CC3. The van der Waals surface area contributed by atoms with E-state index in [-0.39, 0.29) is 19.3 Å². The first kappa shape index (κ1) is 24.3. The van der Waals surface area contributed by atoms with Gasteiger partial charge in [0.1, 0.15) is 0 Å². The molecule has 182 valence electrons. The van der Waals surface area contributed by atoms with Crippen molar-refractivity contribution in [1.82, 2.24) is 5.32 Å². The highest BCUT2D eigenvalue weighted by Gasteiger charge is 2.59. The third-order valence-corrected chi connectivity index (χ3v) is 6.16. The lowest BCUT2D eigenvalue weighted by Crippen LogP contribution is -2.55. The Labute approximate surface area is 203 Å². The van der Waals surface area contributed by atoms with Gasteiger partial charge in [0, 0.05) is 17.6 Å². The fraction of sp³-hybridized carbons (Fsp3) is 0.440. The van der Waals surface area contributed by atoms with Crippen molar-refractivity contribution >= 4 is 23.5 Å². The predicted octanol–water partition coefficient (Wildman–Crippen LogP) is 3.11. The summed E-state index contributed by atoms with van der Waals surface area (Å²) >= 11 is 6.02. The van der Waals surface area contributed by atoms with E-state index in [0.717, 1.165) is 29.5 Å². The van der Waals surface area contributed by atoms with E-state index in [0.29, 0.717) is 29.5 Å². The van der Waals surface area contributed by atoms with Crippen LogP contribution in [0.5, 0.6) is 11.5 Å². The molecule has 2 aliphatic rings. The minimum absolute atomic E-state index is 0.0634. The Morgan fingerprint density at radius 3 is 2.38 bits per heavy atom. The van der Waals surface area contributed by atoms with Crippen LogP contribution in [-0.4, -0.2) is 48.6 Å². The van der Waals surface area contributed by atoms with Gasteiger partial charge < -0.3 is 29.4 Å². The van der Waals surface area contributed by atoms with Crippen molar-refractivity contribution in [3.8, 4) is 11.5 Å². The molecule has 1 heterocycles. The number of hydrogen-bond acceptors (Lipinski definition) is 8. The molecule has 2 N–H and O–H groups in total. The van der Waals surface area contributed by atoms with Gasteiger partial charge in [0.05, 0.1) is 19.3 Å². The number of halogens is 1. The molecule has 4 rings (SSSR count). The highest BCUT2D eigenvalue weighted by Crippen LogP contribution is 2.44. The zero-order valence-corrected chi connectivity index (χ0v) is 19.9. The minimum Gasteiger partial charge on any atom is -0.460 e. The van der Waals surface area contributed by atoms with Crippen LogP contribution < -0.4 is 14.8 Å². The fourth-order valence-electron chi connectivity index (χ4n) is 4.24. The number of esters is 2. The number of ether oxygens (including phenoxy) is 4. The van der Waals surface area contributed by atoms with Gasteiger partial charge in [-0.05, 0) is 74.1 Å². The first-order chi connectivity index (χ1) is 16.4. The highest BCUT2D eigenvalue weighted by atomic mass is 35.5. The lowest BCUT2D eigenvalue weighted by molar-refractivity contribution is -0.202. The predicted molar refractivity (Wildman–Crippen MR) is 124 cm³/mol. The van der Waals surface area contributed by atoms with E-state index >= 15 is 0 Å². The number of carbonyl (C=O) groups excluding carboxylic acids is 2. The second-order valence-corrected chi connectivity index (χ2v) is 8.68. The smallest absolute Gasteiger partial charge is 0.453 e. The fourth-order valence-corrected chi connectivity index (χ4v) is 4.44. The molecule has 0 aromatic heterocycles. The maximum absolute atomic E-state index is 12.6. The van der Waals surface area contributed by atoms with Crippen molar-refractivity contribution in [3.63, 3.8) is 0 Å². The largest absolute Gasteiger partial charge is 0.460 e. The second kappa shape index (κ2) is 10.2. The molecule has 2 atom stereocenters. The topological polar surface area (TPSA) is 103 Å². The Kier molecular flexibility index (Phi) is 7.30. The quantitative estimate of drug-likeness (QED) is 0.430. The molecule has 1 aliphatic carbocycles.